The Hall–Kier alpha value is 2.78. The second-order valence-corrected chi connectivity index (χ2v) is 1.95. The summed E-state index contributed by atoms with van der Waals surface area (Å²) in [4.78, 5) is 22.4. The summed E-state index contributed by atoms with van der Waals surface area (Å²) in [6.45, 7) is 0. The second-order valence-electron chi connectivity index (χ2n) is 0.651. The molecule has 0 aromatic heterocycles. The zero-order valence-corrected chi connectivity index (χ0v) is 9.54. The van der Waals surface area contributed by atoms with Crippen LogP contribution in [0.4, 0.5) is 4.53 Å². The normalized spacial score (nSPS) is 8.00. The van der Waals surface area contributed by atoms with E-state index in [9.17, 15) is 4.53 Å². The van der Waals surface area contributed by atoms with E-state index in [1.165, 1.54) is 0 Å². The number of rotatable bonds is 1. The molecule has 0 rings (SSSR count). The Morgan fingerprint density at radius 3 is 1.44 bits per heavy atom. The maximum absolute atomic E-state index is 10.3. The van der Waals surface area contributed by atoms with Gasteiger partial charge in [0.05, 0.1) is 0 Å². The molecule has 0 atom stereocenters. The maximum atomic E-state index is 10.3. The molecule has 0 unspecified atom stereocenters. The van der Waals surface area contributed by atoms with E-state index in [1.54, 1.807) is 0 Å². The van der Waals surface area contributed by atoms with Crippen LogP contribution in [0, 0.1) is 0 Å². The van der Waals surface area contributed by atoms with Crippen LogP contribution in [0.2, 0.25) is 0 Å². The summed E-state index contributed by atoms with van der Waals surface area (Å²) in [7, 11) is -4.80. The zero-order valence-electron chi connectivity index (χ0n) is 7.33. The summed E-state index contributed by atoms with van der Waals surface area (Å²) >= 11 is 0. The maximum Gasteiger partial charge on any atom is 2.00 e. The van der Waals surface area contributed by atoms with Crippen LogP contribution in [0.3, 0.4) is 0 Å². The van der Waals surface area contributed by atoms with Crippen LogP contribution in [0.5, 0.6) is 0 Å². The molecular weight excluding hydrogens is 201 g/mol. The average Bonchev–Trinajstić information content (AvgIpc) is 1.35. The molecule has 3 N–H and O–H groups in total. The standard InChI is InChI=1S/Al.Ca.FH3O4Si.Na.6H/c;;1-5-6(2,3)4;;;;;;;/h;;2-4H;;;;;;;/q;+2;;+1;;;;3*-1. The summed E-state index contributed by atoms with van der Waals surface area (Å²) in [5.74, 6) is 0. The van der Waals surface area contributed by atoms with Crippen LogP contribution < -0.4 is 29.6 Å². The third-order valence-electron chi connectivity index (χ3n) is 0.104. The summed E-state index contributed by atoms with van der Waals surface area (Å²) in [6, 6.07) is 0. The van der Waals surface area contributed by atoms with Gasteiger partial charge in [0.15, 0.2) is 17.4 Å². The van der Waals surface area contributed by atoms with Gasteiger partial charge in [-0.05, 0) is 0 Å². The van der Waals surface area contributed by atoms with Crippen LogP contribution in [-0.2, 0) is 4.63 Å². The van der Waals surface area contributed by atoms with E-state index in [1.807, 2.05) is 0 Å². The van der Waals surface area contributed by atoms with Gasteiger partial charge in [-0.2, -0.15) is 4.63 Å². The fraction of sp³-hybridized carbons (Fsp3) is 0. The molecule has 0 aliphatic carbocycles. The van der Waals surface area contributed by atoms with Gasteiger partial charge in [0.2, 0.25) is 0 Å². The number of hydrogen-bond donors (Lipinski definition) is 3. The first-order valence-corrected chi connectivity index (χ1v) is 2.78. The Morgan fingerprint density at radius 1 is 1.33 bits per heavy atom. The molecule has 50 valence electrons. The Bertz CT molecular complexity index is 60.1. The minimum absolute atomic E-state index is 0. The van der Waals surface area contributed by atoms with Crippen molar-refractivity contribution in [3.63, 3.8) is 0 Å². The molecular formula is H9AlCaFNaO4Si. The predicted octanol–water partition coefficient (Wildman–Crippen LogP) is -5.92. The first kappa shape index (κ1) is 22.6. The van der Waals surface area contributed by atoms with Gasteiger partial charge < -0.3 is 18.7 Å². The van der Waals surface area contributed by atoms with E-state index < -0.39 is 9.05 Å². The summed E-state index contributed by atoms with van der Waals surface area (Å²) in [5, 5.41) is 0. The van der Waals surface area contributed by atoms with Gasteiger partial charge in [0.1, 0.15) is 0 Å². The van der Waals surface area contributed by atoms with Crippen molar-refractivity contribution in [1.82, 2.24) is 0 Å². The van der Waals surface area contributed by atoms with Gasteiger partial charge in [-0.25, -0.2) is 0 Å². The van der Waals surface area contributed by atoms with E-state index >= 15 is 0 Å². The molecule has 0 aliphatic heterocycles. The Balaban J connectivity index is -0.00000000833. The van der Waals surface area contributed by atoms with Gasteiger partial charge in [0.25, 0.3) is 0 Å². The Morgan fingerprint density at radius 2 is 1.44 bits per heavy atom. The van der Waals surface area contributed by atoms with Gasteiger partial charge in [0, 0.05) is 0 Å². The average molecular weight is 210 g/mol. The molecule has 0 bridgehead atoms. The van der Waals surface area contributed by atoms with Crippen molar-refractivity contribution in [3.05, 3.63) is 0 Å². The quantitative estimate of drug-likeness (QED) is 0.377. The Kier molecular flexibility index (Phi) is 27.1. The van der Waals surface area contributed by atoms with Gasteiger partial charge >= 0.3 is 76.3 Å². The Labute approximate surface area is 120 Å². The third-order valence-corrected chi connectivity index (χ3v) is 0.311. The molecule has 0 aromatic carbocycles. The fourth-order valence-corrected chi connectivity index (χ4v) is 0. The second kappa shape index (κ2) is 10.8. The van der Waals surface area contributed by atoms with Crippen molar-refractivity contribution in [2.24, 2.45) is 0 Å². The first-order valence-electron chi connectivity index (χ1n) is 1.03. The number of hydrogen-bond acceptors (Lipinski definition) is 4. The minimum atomic E-state index is -4.80. The molecule has 4 nitrogen and oxygen atoms in total. The molecule has 0 aliphatic rings. The third kappa shape index (κ3) is 24.9. The SMILES string of the molecule is O[Si](O)(O)OF.[AlH3].[Ca+2].[H-].[H-].[H-].[Na+]. The van der Waals surface area contributed by atoms with E-state index in [0.29, 0.717) is 0 Å². The molecule has 0 heterocycles. The van der Waals surface area contributed by atoms with Gasteiger partial charge in [-0.15, -0.1) is 0 Å². The molecule has 0 amide bonds. The van der Waals surface area contributed by atoms with E-state index in [-0.39, 0.29) is 88.9 Å². The fourth-order valence-electron chi connectivity index (χ4n) is 0. The predicted molar refractivity (Wildman–Crippen MR) is 33.6 cm³/mol. The van der Waals surface area contributed by atoms with Crippen LogP contribution in [-0.4, -0.2) is 78.5 Å². The molecule has 9 heteroatoms. The summed E-state index contributed by atoms with van der Waals surface area (Å²) < 4.78 is 12.6. The summed E-state index contributed by atoms with van der Waals surface area (Å²) in [6.07, 6.45) is 0. The first-order chi connectivity index (χ1) is 2.56. The van der Waals surface area contributed by atoms with E-state index in [2.05, 4.69) is 4.63 Å². The van der Waals surface area contributed by atoms with E-state index in [4.69, 9.17) is 14.4 Å². The number of halogens is 1. The van der Waals surface area contributed by atoms with Crippen molar-refractivity contribution in [1.29, 1.82) is 0 Å². The topological polar surface area (TPSA) is 69.9 Å². The van der Waals surface area contributed by atoms with Crippen LogP contribution in [0.25, 0.3) is 0 Å². The molecule has 9 heavy (non-hydrogen) atoms. The van der Waals surface area contributed by atoms with Crippen LogP contribution in [0.15, 0.2) is 0 Å². The largest absolute Gasteiger partial charge is 2.00 e. The summed E-state index contributed by atoms with van der Waals surface area (Å²) in [5.41, 5.74) is 0. The van der Waals surface area contributed by atoms with Crippen molar-refractivity contribution >= 4 is 64.1 Å². The van der Waals surface area contributed by atoms with Crippen LogP contribution in [0.1, 0.15) is 4.28 Å². The van der Waals surface area contributed by atoms with Gasteiger partial charge in [-0.1, -0.05) is 4.53 Å². The van der Waals surface area contributed by atoms with Crippen molar-refractivity contribution in [2.75, 3.05) is 0 Å². The minimum Gasteiger partial charge on any atom is -1.00 e. The van der Waals surface area contributed by atoms with Crippen molar-refractivity contribution < 1.29 is 57.4 Å². The molecule has 0 spiro atoms. The van der Waals surface area contributed by atoms with Gasteiger partial charge in [-0.3, -0.25) is 0 Å². The molecule has 0 saturated carbocycles. The molecule has 0 fully saturated rings. The molecule has 0 aromatic rings. The van der Waals surface area contributed by atoms with Crippen molar-refractivity contribution in [2.45, 2.75) is 0 Å². The zero-order chi connectivity index (χ0) is 5.21. The molecule has 0 radical (unpaired) electrons. The van der Waals surface area contributed by atoms with E-state index in [0.717, 1.165) is 0 Å². The van der Waals surface area contributed by atoms with Crippen molar-refractivity contribution in [3.8, 4) is 0 Å². The monoisotopic (exact) mass is 210 g/mol. The smallest absolute Gasteiger partial charge is 1.00 e. The molecule has 0 saturated heterocycles. The van der Waals surface area contributed by atoms with Crippen LogP contribution >= 0.6 is 0 Å².